The highest BCUT2D eigenvalue weighted by Gasteiger charge is 2.22. The predicted octanol–water partition coefficient (Wildman–Crippen LogP) is 3.48. The first-order chi connectivity index (χ1) is 11.2. The fourth-order valence-corrected chi connectivity index (χ4v) is 2.91. The van der Waals surface area contributed by atoms with Crippen molar-refractivity contribution in [1.29, 1.82) is 0 Å². The van der Waals surface area contributed by atoms with Crippen LogP contribution in [0.4, 0.5) is 14.6 Å². The number of rotatable bonds is 5. The molecule has 1 N–H and O–H groups in total. The van der Waals surface area contributed by atoms with E-state index < -0.39 is 11.6 Å². The first-order valence-electron chi connectivity index (χ1n) is 8.08. The summed E-state index contributed by atoms with van der Waals surface area (Å²) in [6.45, 7) is 4.03. The number of halogens is 2. The minimum Gasteiger partial charge on any atom is -0.381 e. The Morgan fingerprint density at radius 3 is 2.96 bits per heavy atom. The molecule has 1 aromatic carbocycles. The lowest BCUT2D eigenvalue weighted by atomic mass is 10.1. The van der Waals surface area contributed by atoms with Gasteiger partial charge in [0.15, 0.2) is 5.82 Å². The largest absolute Gasteiger partial charge is 0.381 e. The monoisotopic (exact) mass is 321 g/mol. The summed E-state index contributed by atoms with van der Waals surface area (Å²) >= 11 is 0. The highest BCUT2D eigenvalue weighted by molar-refractivity contribution is 5.54. The number of hydrogen-bond donors (Lipinski definition) is 1. The second kappa shape index (κ2) is 7.08. The summed E-state index contributed by atoms with van der Waals surface area (Å²) in [5, 5.41) is 7.92. The Morgan fingerprint density at radius 1 is 1.30 bits per heavy atom. The van der Waals surface area contributed by atoms with E-state index in [1.165, 1.54) is 12.1 Å². The number of benzene rings is 1. The number of nitrogens with one attached hydrogen (secondary N) is 1. The SMILES string of the molecule is CCOCCc1nn(-c2ccc(F)cc2F)c2c1CCCCN2. The summed E-state index contributed by atoms with van der Waals surface area (Å²) in [6, 6.07) is 3.57. The highest BCUT2D eigenvalue weighted by Crippen LogP contribution is 2.29. The zero-order valence-corrected chi connectivity index (χ0v) is 13.2. The van der Waals surface area contributed by atoms with Gasteiger partial charge in [0, 0.05) is 31.2 Å². The molecular formula is C17H21F2N3O. The van der Waals surface area contributed by atoms with Crippen LogP contribution in [0.15, 0.2) is 18.2 Å². The Labute approximate surface area is 134 Å². The molecule has 0 unspecified atom stereocenters. The van der Waals surface area contributed by atoms with Gasteiger partial charge in [-0.3, -0.25) is 0 Å². The molecule has 4 nitrogen and oxygen atoms in total. The molecule has 0 radical (unpaired) electrons. The smallest absolute Gasteiger partial charge is 0.151 e. The van der Waals surface area contributed by atoms with Gasteiger partial charge in [0.2, 0.25) is 0 Å². The molecule has 6 heteroatoms. The molecule has 0 spiro atoms. The topological polar surface area (TPSA) is 39.1 Å². The quantitative estimate of drug-likeness (QED) is 0.857. The first-order valence-corrected chi connectivity index (χ1v) is 8.08. The molecule has 2 heterocycles. The molecule has 0 fully saturated rings. The Balaban J connectivity index is 2.02. The molecule has 23 heavy (non-hydrogen) atoms. The summed E-state index contributed by atoms with van der Waals surface area (Å²) in [5.74, 6) is -0.383. The number of ether oxygens (including phenoxy) is 1. The molecule has 1 aromatic heterocycles. The molecule has 0 saturated carbocycles. The predicted molar refractivity (Wildman–Crippen MR) is 85.1 cm³/mol. The van der Waals surface area contributed by atoms with Gasteiger partial charge in [-0.2, -0.15) is 5.10 Å². The maximum atomic E-state index is 14.2. The van der Waals surface area contributed by atoms with Crippen molar-refractivity contribution in [3.8, 4) is 5.69 Å². The molecule has 0 aliphatic carbocycles. The lowest BCUT2D eigenvalue weighted by Crippen LogP contribution is -2.08. The zero-order valence-electron chi connectivity index (χ0n) is 13.2. The van der Waals surface area contributed by atoms with Crippen LogP contribution in [0.5, 0.6) is 0 Å². The molecule has 124 valence electrons. The van der Waals surface area contributed by atoms with Gasteiger partial charge in [0.05, 0.1) is 12.3 Å². The van der Waals surface area contributed by atoms with Crippen molar-refractivity contribution in [1.82, 2.24) is 9.78 Å². The molecule has 0 amide bonds. The van der Waals surface area contributed by atoms with E-state index in [2.05, 4.69) is 10.4 Å². The number of aromatic nitrogens is 2. The summed E-state index contributed by atoms with van der Waals surface area (Å²) < 4.78 is 34.3. The van der Waals surface area contributed by atoms with E-state index >= 15 is 0 Å². The van der Waals surface area contributed by atoms with E-state index in [1.807, 2.05) is 6.92 Å². The lowest BCUT2D eigenvalue weighted by Gasteiger charge is -2.10. The summed E-state index contributed by atoms with van der Waals surface area (Å²) in [6.07, 6.45) is 3.73. The van der Waals surface area contributed by atoms with Gasteiger partial charge in [-0.05, 0) is 38.3 Å². The van der Waals surface area contributed by atoms with Crippen LogP contribution in [-0.4, -0.2) is 29.5 Å². The number of hydrogen-bond acceptors (Lipinski definition) is 3. The van der Waals surface area contributed by atoms with Gasteiger partial charge in [-0.25, -0.2) is 13.5 Å². The first kappa shape index (κ1) is 15.9. The van der Waals surface area contributed by atoms with E-state index in [9.17, 15) is 8.78 Å². The Kier molecular flexibility index (Phi) is 4.91. The lowest BCUT2D eigenvalue weighted by molar-refractivity contribution is 0.150. The third kappa shape index (κ3) is 3.37. The van der Waals surface area contributed by atoms with E-state index in [0.717, 1.165) is 48.9 Å². The molecule has 2 aromatic rings. The minimum absolute atomic E-state index is 0.264. The minimum atomic E-state index is -0.613. The van der Waals surface area contributed by atoms with Crippen molar-refractivity contribution in [3.63, 3.8) is 0 Å². The molecule has 0 bridgehead atoms. The Bertz CT molecular complexity index is 685. The standard InChI is InChI=1S/C17H21F2N3O/c1-2-23-10-8-15-13-5-3-4-9-20-17(13)22(21-15)16-7-6-12(18)11-14(16)19/h6-7,11,20H,2-5,8-10H2,1H3. The van der Waals surface area contributed by atoms with Gasteiger partial charge >= 0.3 is 0 Å². The van der Waals surface area contributed by atoms with Crippen molar-refractivity contribution in [3.05, 3.63) is 41.1 Å². The molecule has 0 saturated heterocycles. The second-order valence-corrected chi connectivity index (χ2v) is 5.61. The maximum Gasteiger partial charge on any atom is 0.151 e. The van der Waals surface area contributed by atoms with E-state index in [0.29, 0.717) is 19.6 Å². The Morgan fingerprint density at radius 2 is 2.17 bits per heavy atom. The second-order valence-electron chi connectivity index (χ2n) is 5.61. The third-order valence-electron chi connectivity index (χ3n) is 4.04. The fraction of sp³-hybridized carbons (Fsp3) is 0.471. The summed E-state index contributed by atoms with van der Waals surface area (Å²) in [5.41, 5.74) is 2.30. The van der Waals surface area contributed by atoms with Crippen LogP contribution < -0.4 is 5.32 Å². The average molecular weight is 321 g/mol. The van der Waals surface area contributed by atoms with Gasteiger partial charge < -0.3 is 10.1 Å². The van der Waals surface area contributed by atoms with Crippen LogP contribution in [0.1, 0.15) is 31.0 Å². The van der Waals surface area contributed by atoms with Crippen molar-refractivity contribution in [2.24, 2.45) is 0 Å². The number of anilines is 1. The number of nitrogens with zero attached hydrogens (tertiary/aromatic N) is 2. The van der Waals surface area contributed by atoms with Crippen molar-refractivity contribution in [2.45, 2.75) is 32.6 Å². The van der Waals surface area contributed by atoms with Gasteiger partial charge in [0.1, 0.15) is 17.3 Å². The maximum absolute atomic E-state index is 14.2. The van der Waals surface area contributed by atoms with Crippen molar-refractivity contribution >= 4 is 5.82 Å². The highest BCUT2D eigenvalue weighted by atomic mass is 19.1. The Hall–Kier alpha value is -1.95. The van der Waals surface area contributed by atoms with Gasteiger partial charge in [-0.15, -0.1) is 0 Å². The summed E-state index contributed by atoms with van der Waals surface area (Å²) in [7, 11) is 0. The fourth-order valence-electron chi connectivity index (χ4n) is 2.91. The van der Waals surface area contributed by atoms with Crippen LogP contribution in [-0.2, 0) is 17.6 Å². The molecular weight excluding hydrogens is 300 g/mol. The molecule has 0 atom stereocenters. The molecule has 3 rings (SSSR count). The van der Waals surface area contributed by atoms with E-state index in [4.69, 9.17) is 4.74 Å². The zero-order chi connectivity index (χ0) is 16.2. The van der Waals surface area contributed by atoms with E-state index in [-0.39, 0.29) is 5.69 Å². The van der Waals surface area contributed by atoms with Crippen LogP contribution in [0, 0.1) is 11.6 Å². The number of fused-ring (bicyclic) bond motifs is 1. The van der Waals surface area contributed by atoms with Crippen LogP contribution in [0.25, 0.3) is 5.69 Å². The molecule has 1 aliphatic heterocycles. The van der Waals surface area contributed by atoms with Crippen LogP contribution in [0.3, 0.4) is 0 Å². The van der Waals surface area contributed by atoms with Crippen molar-refractivity contribution < 1.29 is 13.5 Å². The van der Waals surface area contributed by atoms with Gasteiger partial charge in [0.25, 0.3) is 0 Å². The van der Waals surface area contributed by atoms with Gasteiger partial charge in [-0.1, -0.05) is 0 Å². The average Bonchev–Trinajstić information content (AvgIpc) is 2.71. The van der Waals surface area contributed by atoms with E-state index in [1.54, 1.807) is 4.68 Å². The van der Waals surface area contributed by atoms with Crippen LogP contribution >= 0.6 is 0 Å². The third-order valence-corrected chi connectivity index (χ3v) is 4.04. The van der Waals surface area contributed by atoms with Crippen LogP contribution in [0.2, 0.25) is 0 Å². The normalized spacial score (nSPS) is 14.2. The van der Waals surface area contributed by atoms with Crippen molar-refractivity contribution in [2.75, 3.05) is 25.1 Å². The molecule has 1 aliphatic rings. The summed E-state index contributed by atoms with van der Waals surface area (Å²) in [4.78, 5) is 0.